The molecule has 0 fully saturated rings. The van der Waals surface area contributed by atoms with Crippen LogP contribution in [0.1, 0.15) is 65.2 Å². The Bertz CT molecular complexity index is 258. The van der Waals surface area contributed by atoms with E-state index in [4.69, 9.17) is 19.3 Å². The molecule has 1 N–H and O–H groups in total. The lowest BCUT2D eigenvalue weighted by atomic mass is 9.95. The van der Waals surface area contributed by atoms with Crippen LogP contribution in [0.2, 0.25) is 0 Å². The summed E-state index contributed by atoms with van der Waals surface area (Å²) in [5.41, 5.74) is 0. The zero-order valence-electron chi connectivity index (χ0n) is 15.1. The maximum absolute atomic E-state index is 12.2. The van der Waals surface area contributed by atoms with Crippen LogP contribution in [0.4, 0.5) is 0 Å². The quantitative estimate of drug-likeness (QED) is 0.327. The van der Waals surface area contributed by atoms with Crippen LogP contribution in [0.25, 0.3) is 0 Å². The van der Waals surface area contributed by atoms with E-state index in [0.29, 0.717) is 33.0 Å². The fraction of sp³-hybridized carbons (Fsp3) is 0.944. The Morgan fingerprint density at radius 3 is 2.09 bits per heavy atom. The Morgan fingerprint density at radius 2 is 1.43 bits per heavy atom. The Balaban J connectivity index is 3.76. The van der Waals surface area contributed by atoms with Gasteiger partial charge in [0.1, 0.15) is 6.61 Å². The summed E-state index contributed by atoms with van der Waals surface area (Å²) in [5.74, 6) is -0.0326. The minimum atomic E-state index is -0.0740. The number of carbonyl (C=O) groups is 1. The molecule has 0 spiro atoms. The van der Waals surface area contributed by atoms with Gasteiger partial charge in [0.25, 0.3) is 0 Å². The van der Waals surface area contributed by atoms with Crippen LogP contribution in [0.5, 0.6) is 0 Å². The molecule has 0 saturated heterocycles. The number of ether oxygens (including phenoxy) is 3. The van der Waals surface area contributed by atoms with Crippen molar-refractivity contribution in [1.82, 2.24) is 0 Å². The molecule has 5 nitrogen and oxygen atoms in total. The summed E-state index contributed by atoms with van der Waals surface area (Å²) in [6.45, 7) is 6.29. The van der Waals surface area contributed by atoms with Gasteiger partial charge in [-0.2, -0.15) is 0 Å². The van der Waals surface area contributed by atoms with Crippen LogP contribution in [-0.4, -0.2) is 50.7 Å². The highest BCUT2D eigenvalue weighted by atomic mass is 16.6. The smallest absolute Gasteiger partial charge is 0.309 e. The average molecular weight is 332 g/mol. The van der Waals surface area contributed by atoms with Crippen molar-refractivity contribution in [3.05, 3.63) is 0 Å². The lowest BCUT2D eigenvalue weighted by Gasteiger charge is -2.15. The molecule has 0 aromatic carbocycles. The minimum Gasteiger partial charge on any atom is -0.463 e. The van der Waals surface area contributed by atoms with Gasteiger partial charge < -0.3 is 19.3 Å². The van der Waals surface area contributed by atoms with E-state index in [-0.39, 0.29) is 18.5 Å². The highest BCUT2D eigenvalue weighted by molar-refractivity contribution is 5.72. The molecule has 0 aliphatic rings. The molecule has 0 aromatic heterocycles. The Kier molecular flexibility index (Phi) is 17.2. The predicted octanol–water partition coefficient (Wildman–Crippen LogP) is 3.33. The first kappa shape index (κ1) is 22.4. The number of rotatable bonds is 17. The van der Waals surface area contributed by atoms with E-state index in [1.807, 2.05) is 0 Å². The fourth-order valence-corrected chi connectivity index (χ4v) is 2.35. The van der Waals surface area contributed by atoms with Crippen molar-refractivity contribution in [2.24, 2.45) is 5.92 Å². The summed E-state index contributed by atoms with van der Waals surface area (Å²) in [7, 11) is 0. The molecule has 138 valence electrons. The van der Waals surface area contributed by atoms with Crippen LogP contribution in [0, 0.1) is 5.92 Å². The van der Waals surface area contributed by atoms with E-state index in [1.54, 1.807) is 0 Å². The van der Waals surface area contributed by atoms with Gasteiger partial charge in [0.05, 0.1) is 39.0 Å². The molecule has 0 radical (unpaired) electrons. The van der Waals surface area contributed by atoms with E-state index >= 15 is 0 Å². The highest BCUT2D eigenvalue weighted by Gasteiger charge is 2.18. The molecule has 1 atom stereocenters. The summed E-state index contributed by atoms with van der Waals surface area (Å²) in [5, 5.41) is 8.55. The van der Waals surface area contributed by atoms with Gasteiger partial charge in [-0.1, -0.05) is 52.4 Å². The first-order valence-electron chi connectivity index (χ1n) is 9.19. The second-order valence-electron chi connectivity index (χ2n) is 5.80. The molecule has 0 aromatic rings. The second-order valence-corrected chi connectivity index (χ2v) is 5.80. The monoisotopic (exact) mass is 332 g/mol. The molecule has 0 aliphatic heterocycles. The molecule has 5 heteroatoms. The van der Waals surface area contributed by atoms with Crippen molar-refractivity contribution >= 4 is 5.97 Å². The predicted molar refractivity (Wildman–Crippen MR) is 91.5 cm³/mol. The highest BCUT2D eigenvalue weighted by Crippen LogP contribution is 2.18. The SMILES string of the molecule is CCCCCCC(CCCC)C(=O)OCCOCCOCCO. The molecule has 0 bridgehead atoms. The number of aliphatic hydroxyl groups is 1. The van der Waals surface area contributed by atoms with E-state index in [2.05, 4.69) is 13.8 Å². The van der Waals surface area contributed by atoms with Crippen LogP contribution in [0.15, 0.2) is 0 Å². The molecule has 23 heavy (non-hydrogen) atoms. The number of hydrogen-bond acceptors (Lipinski definition) is 5. The largest absolute Gasteiger partial charge is 0.463 e. The fourth-order valence-electron chi connectivity index (χ4n) is 2.35. The lowest BCUT2D eigenvalue weighted by molar-refractivity contribution is -0.150. The van der Waals surface area contributed by atoms with Crippen molar-refractivity contribution < 1.29 is 24.1 Å². The van der Waals surface area contributed by atoms with Gasteiger partial charge in [-0.05, 0) is 12.8 Å². The Hall–Kier alpha value is -0.650. The normalized spacial score (nSPS) is 12.3. The molecule has 0 amide bonds. The summed E-state index contributed by atoms with van der Waals surface area (Å²) < 4.78 is 15.7. The first-order valence-corrected chi connectivity index (χ1v) is 9.19. The summed E-state index contributed by atoms with van der Waals surface area (Å²) in [4.78, 5) is 12.2. The average Bonchev–Trinajstić information content (AvgIpc) is 2.56. The zero-order valence-corrected chi connectivity index (χ0v) is 15.1. The van der Waals surface area contributed by atoms with Gasteiger partial charge in [0.15, 0.2) is 0 Å². The maximum Gasteiger partial charge on any atom is 0.309 e. The molecule has 0 heterocycles. The van der Waals surface area contributed by atoms with E-state index < -0.39 is 0 Å². The molecule has 0 rings (SSSR count). The van der Waals surface area contributed by atoms with Crippen LogP contribution >= 0.6 is 0 Å². The minimum absolute atomic E-state index is 0.0228. The van der Waals surface area contributed by atoms with Crippen LogP contribution < -0.4 is 0 Å². The number of aliphatic hydroxyl groups excluding tert-OH is 1. The second kappa shape index (κ2) is 17.7. The molecule has 1 unspecified atom stereocenters. The standard InChI is InChI=1S/C18H36O5/c1-3-5-7-8-10-17(9-6-4-2)18(20)23-16-15-22-14-13-21-12-11-19/h17,19H,3-16H2,1-2H3. The third-order valence-corrected chi connectivity index (χ3v) is 3.73. The van der Waals surface area contributed by atoms with E-state index in [0.717, 1.165) is 32.1 Å². The van der Waals surface area contributed by atoms with Crippen LogP contribution in [-0.2, 0) is 19.0 Å². The summed E-state index contributed by atoms with van der Waals surface area (Å²) in [6.07, 6.45) is 8.80. The molecular formula is C18H36O5. The van der Waals surface area contributed by atoms with Crippen molar-refractivity contribution in [2.75, 3.05) is 39.6 Å². The zero-order chi connectivity index (χ0) is 17.2. The Labute approximate surface area is 141 Å². The van der Waals surface area contributed by atoms with Crippen molar-refractivity contribution in [3.63, 3.8) is 0 Å². The van der Waals surface area contributed by atoms with Gasteiger partial charge in [0.2, 0.25) is 0 Å². The third-order valence-electron chi connectivity index (χ3n) is 3.73. The number of hydrogen-bond donors (Lipinski definition) is 1. The van der Waals surface area contributed by atoms with Gasteiger partial charge in [-0.25, -0.2) is 0 Å². The topological polar surface area (TPSA) is 65.0 Å². The number of esters is 1. The van der Waals surface area contributed by atoms with Gasteiger partial charge in [0, 0.05) is 0 Å². The van der Waals surface area contributed by atoms with Gasteiger partial charge >= 0.3 is 5.97 Å². The van der Waals surface area contributed by atoms with Crippen molar-refractivity contribution in [3.8, 4) is 0 Å². The van der Waals surface area contributed by atoms with E-state index in [9.17, 15) is 4.79 Å². The summed E-state index contributed by atoms with van der Waals surface area (Å²) >= 11 is 0. The molecule has 0 saturated carbocycles. The maximum atomic E-state index is 12.2. The van der Waals surface area contributed by atoms with E-state index in [1.165, 1.54) is 19.3 Å². The van der Waals surface area contributed by atoms with Crippen LogP contribution in [0.3, 0.4) is 0 Å². The van der Waals surface area contributed by atoms with Crippen molar-refractivity contribution in [2.45, 2.75) is 65.2 Å². The van der Waals surface area contributed by atoms with Gasteiger partial charge in [-0.15, -0.1) is 0 Å². The summed E-state index contributed by atoms with van der Waals surface area (Å²) in [6, 6.07) is 0. The number of carbonyl (C=O) groups excluding carboxylic acids is 1. The number of unbranched alkanes of at least 4 members (excludes halogenated alkanes) is 4. The third kappa shape index (κ3) is 14.7. The first-order chi connectivity index (χ1) is 11.3. The Morgan fingerprint density at radius 1 is 0.826 bits per heavy atom. The molecule has 0 aliphatic carbocycles. The molecular weight excluding hydrogens is 296 g/mol. The lowest BCUT2D eigenvalue weighted by Crippen LogP contribution is -2.20. The van der Waals surface area contributed by atoms with Gasteiger partial charge in [-0.3, -0.25) is 4.79 Å². The van der Waals surface area contributed by atoms with Crippen molar-refractivity contribution in [1.29, 1.82) is 0 Å².